The van der Waals surface area contributed by atoms with Gasteiger partial charge in [-0.1, -0.05) is 37.3 Å². The first-order valence-corrected chi connectivity index (χ1v) is 11.7. The molecule has 3 aliphatic heterocycles. The van der Waals surface area contributed by atoms with Crippen LogP contribution in [-0.2, 0) is 16.1 Å². The summed E-state index contributed by atoms with van der Waals surface area (Å²) in [4.78, 5) is 44.4. The molecular formula is C24H32N4O3. The molecule has 0 aromatic heterocycles. The molecule has 1 saturated carbocycles. The van der Waals surface area contributed by atoms with Gasteiger partial charge in [0.15, 0.2) is 0 Å². The topological polar surface area (TPSA) is 73.0 Å². The molecule has 1 N–H and O–H groups in total. The van der Waals surface area contributed by atoms with E-state index in [0.29, 0.717) is 44.7 Å². The molecule has 0 unspecified atom stereocenters. The maximum atomic E-state index is 13.4. The lowest BCUT2D eigenvalue weighted by molar-refractivity contribution is -0.137. The number of hydrogen-bond acceptors (Lipinski definition) is 4. The minimum absolute atomic E-state index is 0.0579. The number of imide groups is 1. The summed E-state index contributed by atoms with van der Waals surface area (Å²) >= 11 is 0. The third-order valence-electron chi connectivity index (χ3n) is 7.72. The molecule has 1 aliphatic carbocycles. The van der Waals surface area contributed by atoms with Crippen LogP contribution in [0.25, 0.3) is 0 Å². The fourth-order valence-corrected chi connectivity index (χ4v) is 5.49. The summed E-state index contributed by atoms with van der Waals surface area (Å²) < 4.78 is 0. The summed E-state index contributed by atoms with van der Waals surface area (Å²) in [7, 11) is 0. The summed E-state index contributed by atoms with van der Waals surface area (Å²) in [5.74, 6) is 0.893. The van der Waals surface area contributed by atoms with Crippen molar-refractivity contribution < 1.29 is 14.4 Å². The van der Waals surface area contributed by atoms with Crippen LogP contribution in [0.15, 0.2) is 30.3 Å². The Kier molecular flexibility index (Phi) is 5.24. The number of nitrogens with zero attached hydrogens (tertiary/aromatic N) is 3. The monoisotopic (exact) mass is 424 g/mol. The Hall–Kier alpha value is -2.41. The summed E-state index contributed by atoms with van der Waals surface area (Å²) in [6.45, 7) is 5.85. The number of carbonyl (C=O) groups is 3. The molecule has 166 valence electrons. The number of likely N-dealkylation sites (tertiary alicyclic amines) is 2. The van der Waals surface area contributed by atoms with Gasteiger partial charge in [-0.2, -0.15) is 0 Å². The molecule has 3 heterocycles. The first-order chi connectivity index (χ1) is 15.0. The van der Waals surface area contributed by atoms with Gasteiger partial charge in [0.2, 0.25) is 5.91 Å². The molecule has 0 radical (unpaired) electrons. The maximum Gasteiger partial charge on any atom is 0.325 e. The van der Waals surface area contributed by atoms with E-state index in [-0.39, 0.29) is 29.8 Å². The largest absolute Gasteiger partial charge is 0.342 e. The molecule has 4 amide bonds. The highest BCUT2D eigenvalue weighted by atomic mass is 16.2. The lowest BCUT2D eigenvalue weighted by Gasteiger charge is -2.39. The van der Waals surface area contributed by atoms with Gasteiger partial charge < -0.3 is 10.2 Å². The fraction of sp³-hybridized carbons (Fsp3) is 0.625. The highest BCUT2D eigenvalue weighted by Crippen LogP contribution is 2.40. The number of piperidine rings is 2. The zero-order chi connectivity index (χ0) is 21.6. The van der Waals surface area contributed by atoms with E-state index in [1.165, 1.54) is 10.5 Å². The van der Waals surface area contributed by atoms with Gasteiger partial charge in [0.05, 0.1) is 0 Å². The quantitative estimate of drug-likeness (QED) is 0.753. The van der Waals surface area contributed by atoms with Crippen molar-refractivity contribution in [2.75, 3.05) is 26.2 Å². The van der Waals surface area contributed by atoms with Gasteiger partial charge in [0.25, 0.3) is 5.91 Å². The average molecular weight is 425 g/mol. The van der Waals surface area contributed by atoms with E-state index in [2.05, 4.69) is 29.3 Å². The van der Waals surface area contributed by atoms with E-state index >= 15 is 0 Å². The number of amides is 4. The third kappa shape index (κ3) is 3.84. The van der Waals surface area contributed by atoms with Crippen LogP contribution in [0.1, 0.15) is 44.6 Å². The number of rotatable bonds is 4. The predicted octanol–water partition coefficient (Wildman–Crippen LogP) is 2.22. The van der Waals surface area contributed by atoms with Crippen molar-refractivity contribution in [1.82, 2.24) is 20.0 Å². The van der Waals surface area contributed by atoms with Gasteiger partial charge >= 0.3 is 6.03 Å². The molecule has 7 nitrogen and oxygen atoms in total. The summed E-state index contributed by atoms with van der Waals surface area (Å²) in [6, 6.07) is 10.00. The number of hydrogen-bond donors (Lipinski definition) is 1. The van der Waals surface area contributed by atoms with E-state index in [0.717, 1.165) is 26.1 Å². The number of carbonyl (C=O) groups excluding carboxylic acids is 3. The zero-order valence-electron chi connectivity index (χ0n) is 18.3. The molecule has 4 aliphatic rings. The minimum atomic E-state index is -0.749. The van der Waals surface area contributed by atoms with Crippen molar-refractivity contribution >= 4 is 17.8 Å². The molecule has 0 bridgehead atoms. The minimum Gasteiger partial charge on any atom is -0.342 e. The predicted molar refractivity (Wildman–Crippen MR) is 116 cm³/mol. The van der Waals surface area contributed by atoms with Crippen LogP contribution in [0.4, 0.5) is 4.79 Å². The average Bonchev–Trinajstić information content (AvgIpc) is 3.46. The molecule has 1 aromatic carbocycles. The first kappa shape index (κ1) is 20.5. The normalized spacial score (nSPS) is 28.8. The zero-order valence-corrected chi connectivity index (χ0v) is 18.3. The van der Waals surface area contributed by atoms with E-state index in [4.69, 9.17) is 0 Å². The number of nitrogens with one attached hydrogen (secondary N) is 1. The lowest BCUT2D eigenvalue weighted by Crippen LogP contribution is -2.55. The van der Waals surface area contributed by atoms with Crippen LogP contribution >= 0.6 is 0 Å². The third-order valence-corrected chi connectivity index (χ3v) is 7.72. The van der Waals surface area contributed by atoms with Gasteiger partial charge in [-0.05, 0) is 43.6 Å². The van der Waals surface area contributed by atoms with E-state index in [1.54, 1.807) is 0 Å². The Balaban J connectivity index is 1.17. The molecule has 2 atom stereocenters. The molecule has 5 rings (SSSR count). The van der Waals surface area contributed by atoms with Crippen molar-refractivity contribution in [3.05, 3.63) is 35.9 Å². The highest BCUT2D eigenvalue weighted by Gasteiger charge is 2.54. The standard InChI is InChI=1S/C24H32N4O3/c1-17-15-20(17)21(29)27-11-7-19(8-12-27)28-22(30)24(25-23(28)31)9-13-26(14-10-24)16-18-5-3-2-4-6-18/h2-6,17,19-20H,7-16H2,1H3,(H,25,31)/t17-,20+/m1/s1. The molecular weight excluding hydrogens is 392 g/mol. The Labute approximate surface area is 183 Å². The van der Waals surface area contributed by atoms with Gasteiger partial charge in [0.1, 0.15) is 5.54 Å². The van der Waals surface area contributed by atoms with Gasteiger partial charge in [-0.25, -0.2) is 4.79 Å². The summed E-state index contributed by atoms with van der Waals surface area (Å²) in [5.41, 5.74) is 0.518. The van der Waals surface area contributed by atoms with Crippen LogP contribution in [-0.4, -0.2) is 70.3 Å². The van der Waals surface area contributed by atoms with Gasteiger partial charge in [-0.15, -0.1) is 0 Å². The lowest BCUT2D eigenvalue weighted by atomic mass is 9.86. The van der Waals surface area contributed by atoms with Crippen molar-refractivity contribution in [3.63, 3.8) is 0 Å². The van der Waals surface area contributed by atoms with Crippen molar-refractivity contribution in [2.24, 2.45) is 11.8 Å². The Morgan fingerprint density at radius 2 is 1.71 bits per heavy atom. The smallest absolute Gasteiger partial charge is 0.325 e. The van der Waals surface area contributed by atoms with Crippen LogP contribution in [0, 0.1) is 11.8 Å². The maximum absolute atomic E-state index is 13.4. The van der Waals surface area contributed by atoms with Gasteiger partial charge in [-0.3, -0.25) is 19.4 Å². The first-order valence-electron chi connectivity index (χ1n) is 11.7. The van der Waals surface area contributed by atoms with Gasteiger partial charge in [0, 0.05) is 44.7 Å². The Morgan fingerprint density at radius 3 is 2.32 bits per heavy atom. The highest BCUT2D eigenvalue weighted by molar-refractivity contribution is 6.07. The van der Waals surface area contributed by atoms with Crippen LogP contribution < -0.4 is 5.32 Å². The molecule has 1 aromatic rings. The van der Waals surface area contributed by atoms with E-state index < -0.39 is 5.54 Å². The Morgan fingerprint density at radius 1 is 1.06 bits per heavy atom. The molecule has 7 heteroatoms. The van der Waals surface area contributed by atoms with E-state index in [9.17, 15) is 14.4 Å². The van der Waals surface area contributed by atoms with Crippen molar-refractivity contribution in [3.8, 4) is 0 Å². The second-order valence-corrected chi connectivity index (χ2v) is 9.83. The van der Waals surface area contributed by atoms with E-state index in [1.807, 2.05) is 23.1 Å². The van der Waals surface area contributed by atoms with Crippen LogP contribution in [0.5, 0.6) is 0 Å². The molecule has 31 heavy (non-hydrogen) atoms. The SMILES string of the molecule is C[C@@H]1C[C@@H]1C(=O)N1CCC(N2C(=O)NC3(CCN(Cc4ccccc4)CC3)C2=O)CC1. The van der Waals surface area contributed by atoms with Crippen LogP contribution in [0.3, 0.4) is 0 Å². The summed E-state index contributed by atoms with van der Waals surface area (Å²) in [6.07, 6.45) is 3.66. The summed E-state index contributed by atoms with van der Waals surface area (Å²) in [5, 5.41) is 3.05. The number of benzene rings is 1. The second kappa shape index (κ2) is 7.93. The number of urea groups is 1. The van der Waals surface area contributed by atoms with Crippen molar-refractivity contribution in [1.29, 1.82) is 0 Å². The second-order valence-electron chi connectivity index (χ2n) is 9.83. The molecule has 1 spiro atoms. The molecule has 4 fully saturated rings. The fourth-order valence-electron chi connectivity index (χ4n) is 5.49. The Bertz CT molecular complexity index is 857. The van der Waals surface area contributed by atoms with Crippen molar-refractivity contribution in [2.45, 2.75) is 57.2 Å². The van der Waals surface area contributed by atoms with Crippen LogP contribution in [0.2, 0.25) is 0 Å². The molecule has 3 saturated heterocycles.